The number of rotatable bonds is 12. The van der Waals surface area contributed by atoms with Crippen molar-refractivity contribution in [2.24, 2.45) is 0 Å². The highest BCUT2D eigenvalue weighted by molar-refractivity contribution is 6.04. The summed E-state index contributed by atoms with van der Waals surface area (Å²) in [7, 11) is 1.69. The Balaban J connectivity index is 0.792. The number of benzene rings is 6. The van der Waals surface area contributed by atoms with Gasteiger partial charge in [0.1, 0.15) is 30.0 Å². The zero-order chi connectivity index (χ0) is 40.6. The average molecular weight is 786 g/mol. The van der Waals surface area contributed by atoms with Gasteiger partial charge in [0.05, 0.1) is 12.8 Å². The molecule has 6 aromatic carbocycles. The van der Waals surface area contributed by atoms with Gasteiger partial charge in [0, 0.05) is 55.8 Å². The number of anilines is 2. The summed E-state index contributed by atoms with van der Waals surface area (Å²) < 4.78 is 18.1. The third-order valence-electron chi connectivity index (χ3n) is 11.5. The molecule has 0 spiro atoms. The molecule has 6 aromatic rings. The first-order valence-corrected chi connectivity index (χ1v) is 20.6. The molecule has 0 aromatic heterocycles. The second-order valence-corrected chi connectivity index (χ2v) is 15.5. The van der Waals surface area contributed by atoms with Gasteiger partial charge in [-0.05, 0) is 115 Å². The maximum absolute atomic E-state index is 13.3. The lowest BCUT2D eigenvalue weighted by atomic mass is 9.89. The quantitative estimate of drug-likeness (QED) is 0.133. The number of likely N-dealkylation sites (tertiary alicyclic amines) is 1. The van der Waals surface area contributed by atoms with Crippen LogP contribution in [-0.4, -0.2) is 56.1 Å². The van der Waals surface area contributed by atoms with Crippen molar-refractivity contribution in [3.63, 3.8) is 0 Å². The minimum Gasteiger partial charge on any atom is -0.495 e. The smallest absolute Gasteiger partial charge is 0.255 e. The van der Waals surface area contributed by atoms with Crippen LogP contribution < -0.4 is 24.4 Å². The molecule has 0 saturated carbocycles. The summed E-state index contributed by atoms with van der Waals surface area (Å²) in [6.07, 6.45) is 3.83. The lowest BCUT2D eigenvalue weighted by molar-refractivity contribution is 0.0595. The molecule has 300 valence electrons. The first-order valence-electron chi connectivity index (χ1n) is 20.6. The summed E-state index contributed by atoms with van der Waals surface area (Å²) in [5, 5.41) is 3.09. The molecule has 8 rings (SSSR count). The molecule has 0 aliphatic carbocycles. The number of aryl methyl sites for hydroxylation is 1. The summed E-state index contributed by atoms with van der Waals surface area (Å²) in [6, 6.07) is 48.0. The van der Waals surface area contributed by atoms with Crippen LogP contribution in [0.3, 0.4) is 0 Å². The molecule has 2 fully saturated rings. The topological polar surface area (TPSA) is 80.3 Å². The number of piperidine rings is 2. The van der Waals surface area contributed by atoms with Crippen LogP contribution in [0.15, 0.2) is 146 Å². The number of carbonyl (C=O) groups excluding carboxylic acids is 2. The molecule has 2 aliphatic rings. The Labute approximate surface area is 347 Å². The average Bonchev–Trinajstić information content (AvgIpc) is 3.29. The molecule has 8 heteroatoms. The van der Waals surface area contributed by atoms with Gasteiger partial charge in [-0.1, -0.05) is 84.4 Å². The van der Waals surface area contributed by atoms with E-state index in [1.54, 1.807) is 7.11 Å². The minimum atomic E-state index is -0.161. The van der Waals surface area contributed by atoms with Gasteiger partial charge in [-0.25, -0.2) is 0 Å². The third kappa shape index (κ3) is 9.78. The Morgan fingerprint density at radius 3 is 1.95 bits per heavy atom. The summed E-state index contributed by atoms with van der Waals surface area (Å²) in [6.45, 7) is 5.69. The molecule has 2 heterocycles. The first-order chi connectivity index (χ1) is 28.9. The van der Waals surface area contributed by atoms with Gasteiger partial charge in [0.15, 0.2) is 0 Å². The van der Waals surface area contributed by atoms with Gasteiger partial charge in [-0.15, -0.1) is 0 Å². The predicted octanol–water partition coefficient (Wildman–Crippen LogP) is 10.6. The monoisotopic (exact) mass is 785 g/mol. The number of ether oxygens (including phenoxy) is 3. The molecule has 2 aliphatic heterocycles. The number of methoxy groups -OCH3 is 1. The Morgan fingerprint density at radius 2 is 1.29 bits per heavy atom. The highest BCUT2D eigenvalue weighted by atomic mass is 16.5. The molecule has 0 unspecified atom stereocenters. The second kappa shape index (κ2) is 18.4. The van der Waals surface area contributed by atoms with Crippen LogP contribution in [0, 0.1) is 6.92 Å². The number of carbonyl (C=O) groups is 2. The van der Waals surface area contributed by atoms with E-state index in [0.717, 1.165) is 95.2 Å². The Kier molecular flexibility index (Phi) is 12.2. The molecular formula is C51H51N3O5. The van der Waals surface area contributed by atoms with Gasteiger partial charge in [-0.2, -0.15) is 0 Å². The van der Waals surface area contributed by atoms with Crippen molar-refractivity contribution in [3.05, 3.63) is 173 Å². The number of hydrogen-bond donors (Lipinski definition) is 1. The SMILES string of the molecule is COc1ccc(NC(=O)c2ccc(-c3ccc(OCc4ccc(OC5CCN(C(=O)c6ccc(C)cc6)CC5)cc4)cc3)cc2)cc1N1CCC(c2ccccc2)CC1. The second-order valence-electron chi connectivity index (χ2n) is 15.5. The van der Waals surface area contributed by atoms with Crippen LogP contribution in [0.25, 0.3) is 11.1 Å². The fourth-order valence-corrected chi connectivity index (χ4v) is 8.03. The number of nitrogens with zero attached hydrogens (tertiary/aromatic N) is 2. The van der Waals surface area contributed by atoms with Gasteiger partial charge < -0.3 is 29.3 Å². The first kappa shape index (κ1) is 39.3. The van der Waals surface area contributed by atoms with Crippen LogP contribution in [0.5, 0.6) is 17.2 Å². The highest BCUT2D eigenvalue weighted by Crippen LogP contribution is 2.37. The van der Waals surface area contributed by atoms with Crippen LogP contribution in [0.2, 0.25) is 0 Å². The summed E-state index contributed by atoms with van der Waals surface area (Å²) in [5.41, 5.74) is 8.70. The molecule has 0 atom stereocenters. The van der Waals surface area contributed by atoms with Crippen molar-refractivity contribution < 1.29 is 23.8 Å². The molecule has 2 saturated heterocycles. The van der Waals surface area contributed by atoms with Crippen molar-refractivity contribution in [1.29, 1.82) is 0 Å². The maximum atomic E-state index is 13.3. The lowest BCUT2D eigenvalue weighted by Gasteiger charge is -2.34. The largest absolute Gasteiger partial charge is 0.495 e. The van der Waals surface area contributed by atoms with E-state index in [2.05, 4.69) is 40.5 Å². The zero-order valence-electron chi connectivity index (χ0n) is 33.8. The van der Waals surface area contributed by atoms with E-state index in [1.807, 2.05) is 127 Å². The van der Waals surface area contributed by atoms with Gasteiger partial charge in [-0.3, -0.25) is 9.59 Å². The Hall–Kier alpha value is -6.54. The third-order valence-corrected chi connectivity index (χ3v) is 11.5. The van der Waals surface area contributed by atoms with Crippen molar-refractivity contribution in [1.82, 2.24) is 4.90 Å². The van der Waals surface area contributed by atoms with E-state index in [0.29, 0.717) is 31.2 Å². The summed E-state index contributed by atoms with van der Waals surface area (Å²) >= 11 is 0. The maximum Gasteiger partial charge on any atom is 0.255 e. The molecule has 1 N–H and O–H groups in total. The van der Waals surface area contributed by atoms with Crippen molar-refractivity contribution >= 4 is 23.2 Å². The lowest BCUT2D eigenvalue weighted by Crippen LogP contribution is -2.41. The van der Waals surface area contributed by atoms with E-state index >= 15 is 0 Å². The fourth-order valence-electron chi connectivity index (χ4n) is 8.03. The van der Waals surface area contributed by atoms with Crippen LogP contribution in [0.4, 0.5) is 11.4 Å². The summed E-state index contributed by atoms with van der Waals surface area (Å²) in [5.74, 6) is 2.88. The molecule has 8 nitrogen and oxygen atoms in total. The molecule has 0 radical (unpaired) electrons. The number of amides is 2. The van der Waals surface area contributed by atoms with E-state index in [9.17, 15) is 9.59 Å². The van der Waals surface area contributed by atoms with E-state index in [-0.39, 0.29) is 17.9 Å². The highest BCUT2D eigenvalue weighted by Gasteiger charge is 2.25. The van der Waals surface area contributed by atoms with Crippen molar-refractivity contribution in [3.8, 4) is 28.4 Å². The van der Waals surface area contributed by atoms with E-state index < -0.39 is 0 Å². The summed E-state index contributed by atoms with van der Waals surface area (Å²) in [4.78, 5) is 30.5. The van der Waals surface area contributed by atoms with Gasteiger partial charge in [0.25, 0.3) is 11.8 Å². The molecule has 0 bridgehead atoms. The number of hydrogen-bond acceptors (Lipinski definition) is 6. The fraction of sp³-hybridized carbons (Fsp3) is 0.255. The molecular weight excluding hydrogens is 735 g/mol. The van der Waals surface area contributed by atoms with Gasteiger partial charge >= 0.3 is 0 Å². The standard InChI is InChI=1S/C51H51N3O5/c1-36-8-12-43(13-9-36)51(56)54-32-28-47(29-33-54)59-46-21-10-37(11-22-46)35-58-45-23-18-40(19-24-45)39-14-16-42(17-15-39)50(55)52-44-20-25-49(57-2)48(34-44)53-30-26-41(27-31-53)38-6-4-3-5-7-38/h3-25,34,41,47H,26-33,35H2,1-2H3,(H,52,55). The molecule has 59 heavy (non-hydrogen) atoms. The van der Waals surface area contributed by atoms with Crippen LogP contribution >= 0.6 is 0 Å². The van der Waals surface area contributed by atoms with Crippen LogP contribution in [-0.2, 0) is 6.61 Å². The predicted molar refractivity (Wildman–Crippen MR) is 235 cm³/mol. The normalized spacial score (nSPS) is 14.7. The Bertz CT molecular complexity index is 2310. The zero-order valence-corrected chi connectivity index (χ0v) is 33.8. The van der Waals surface area contributed by atoms with Gasteiger partial charge in [0.2, 0.25) is 0 Å². The number of nitrogens with one attached hydrogen (secondary N) is 1. The van der Waals surface area contributed by atoms with E-state index in [4.69, 9.17) is 14.2 Å². The molecule has 2 amide bonds. The Morgan fingerprint density at radius 1 is 0.661 bits per heavy atom. The van der Waals surface area contributed by atoms with Crippen LogP contribution in [0.1, 0.15) is 69.0 Å². The minimum absolute atomic E-state index is 0.0817. The van der Waals surface area contributed by atoms with Crippen molar-refractivity contribution in [2.45, 2.75) is 51.2 Å². The van der Waals surface area contributed by atoms with Crippen molar-refractivity contribution in [2.75, 3.05) is 43.5 Å². The van der Waals surface area contributed by atoms with E-state index in [1.165, 1.54) is 5.56 Å².